The van der Waals surface area contributed by atoms with E-state index >= 15 is 0 Å². The summed E-state index contributed by atoms with van der Waals surface area (Å²) in [6.07, 6.45) is 0. The molecule has 0 aliphatic rings. The second-order valence-electron chi connectivity index (χ2n) is 4.93. The van der Waals surface area contributed by atoms with Crippen LogP contribution in [-0.2, 0) is 9.59 Å². The Balaban J connectivity index is 1.99. The molecule has 0 saturated carbocycles. The number of hydrazine groups is 1. The number of para-hydroxylation sites is 1. The van der Waals surface area contributed by atoms with Crippen molar-refractivity contribution in [3.05, 3.63) is 42.1 Å². The maximum absolute atomic E-state index is 11.9. The van der Waals surface area contributed by atoms with Crippen LogP contribution in [0.1, 0.15) is 24.3 Å². The van der Waals surface area contributed by atoms with Crippen LogP contribution in [0.3, 0.4) is 0 Å². The molecule has 2 aromatic rings. The van der Waals surface area contributed by atoms with Crippen LogP contribution in [0.15, 0.2) is 36.4 Å². The lowest BCUT2D eigenvalue weighted by Crippen LogP contribution is -2.49. The Labute approximate surface area is 127 Å². The average molecular weight is 300 g/mol. The number of amides is 3. The van der Waals surface area contributed by atoms with Crippen molar-refractivity contribution in [2.45, 2.75) is 19.9 Å². The lowest BCUT2D eigenvalue weighted by molar-refractivity contribution is -0.139. The number of nitrogens with one attached hydrogen (secondary N) is 3. The monoisotopic (exact) mass is 300 g/mol. The van der Waals surface area contributed by atoms with Crippen molar-refractivity contribution in [2.75, 3.05) is 0 Å². The Bertz CT molecular complexity index is 728. The molecule has 114 valence electrons. The standard InChI is InChI=1S/C15H16N4O3/c1-9(2)16-14(21)15(22)19-18-13(20)12-8-7-10-5-3-4-6-11(10)17-12/h3-9H,1-2H3,(H,16,21)(H,18,20)(H,19,22). The number of nitrogens with zero attached hydrogens (tertiary/aromatic N) is 1. The van der Waals surface area contributed by atoms with Crippen LogP contribution < -0.4 is 16.2 Å². The predicted molar refractivity (Wildman–Crippen MR) is 80.6 cm³/mol. The molecule has 0 atom stereocenters. The van der Waals surface area contributed by atoms with Gasteiger partial charge in [0.15, 0.2) is 0 Å². The smallest absolute Gasteiger partial charge is 0.327 e. The molecule has 0 spiro atoms. The minimum atomic E-state index is -0.942. The molecule has 0 unspecified atom stereocenters. The van der Waals surface area contributed by atoms with E-state index in [1.807, 2.05) is 23.6 Å². The molecule has 0 radical (unpaired) electrons. The quantitative estimate of drug-likeness (QED) is 0.556. The van der Waals surface area contributed by atoms with Crippen molar-refractivity contribution >= 4 is 28.6 Å². The SMILES string of the molecule is CC(C)NC(=O)C(=O)NNC(=O)c1ccc2ccccc2n1. The molecule has 7 nitrogen and oxygen atoms in total. The zero-order valence-corrected chi connectivity index (χ0v) is 12.2. The molecule has 3 amide bonds. The van der Waals surface area contributed by atoms with Gasteiger partial charge in [0.1, 0.15) is 5.69 Å². The summed E-state index contributed by atoms with van der Waals surface area (Å²) in [6.45, 7) is 3.45. The van der Waals surface area contributed by atoms with Crippen molar-refractivity contribution in [1.29, 1.82) is 0 Å². The van der Waals surface area contributed by atoms with Gasteiger partial charge in [0.05, 0.1) is 5.52 Å². The number of carbonyl (C=O) groups excluding carboxylic acids is 3. The summed E-state index contributed by atoms with van der Waals surface area (Å²) in [4.78, 5) is 39.0. The highest BCUT2D eigenvalue weighted by atomic mass is 16.2. The molecule has 0 saturated heterocycles. The lowest BCUT2D eigenvalue weighted by atomic mass is 10.2. The summed E-state index contributed by atoms with van der Waals surface area (Å²) >= 11 is 0. The molecule has 2 rings (SSSR count). The number of fused-ring (bicyclic) bond motifs is 1. The summed E-state index contributed by atoms with van der Waals surface area (Å²) in [5.41, 5.74) is 5.01. The summed E-state index contributed by atoms with van der Waals surface area (Å²) in [6, 6.07) is 10.5. The summed E-state index contributed by atoms with van der Waals surface area (Å²) in [5, 5.41) is 3.31. The predicted octanol–water partition coefficient (Wildman–Crippen LogP) is 0.520. The maximum Gasteiger partial charge on any atom is 0.327 e. The van der Waals surface area contributed by atoms with Gasteiger partial charge in [-0.2, -0.15) is 0 Å². The van der Waals surface area contributed by atoms with Gasteiger partial charge in [0.25, 0.3) is 5.91 Å². The first-order chi connectivity index (χ1) is 10.5. The van der Waals surface area contributed by atoms with Crippen LogP contribution >= 0.6 is 0 Å². The minimum absolute atomic E-state index is 0.142. The van der Waals surface area contributed by atoms with Crippen molar-refractivity contribution in [3.8, 4) is 0 Å². The van der Waals surface area contributed by atoms with Gasteiger partial charge in [-0.05, 0) is 26.0 Å². The molecule has 1 aromatic carbocycles. The fourth-order valence-corrected chi connectivity index (χ4v) is 1.75. The van der Waals surface area contributed by atoms with Crippen LogP contribution in [0.5, 0.6) is 0 Å². The molecule has 0 fully saturated rings. The Morgan fingerprint density at radius 3 is 2.41 bits per heavy atom. The number of pyridine rings is 1. The molecule has 22 heavy (non-hydrogen) atoms. The average Bonchev–Trinajstić information content (AvgIpc) is 2.51. The lowest BCUT2D eigenvalue weighted by Gasteiger charge is -2.09. The minimum Gasteiger partial charge on any atom is -0.346 e. The van der Waals surface area contributed by atoms with Crippen molar-refractivity contribution in [2.24, 2.45) is 0 Å². The molecular formula is C15H16N4O3. The van der Waals surface area contributed by atoms with Gasteiger partial charge in [-0.1, -0.05) is 24.3 Å². The highest BCUT2D eigenvalue weighted by Gasteiger charge is 2.16. The highest BCUT2D eigenvalue weighted by Crippen LogP contribution is 2.11. The van der Waals surface area contributed by atoms with Gasteiger partial charge < -0.3 is 5.32 Å². The first-order valence-corrected chi connectivity index (χ1v) is 6.74. The van der Waals surface area contributed by atoms with Gasteiger partial charge in [-0.15, -0.1) is 0 Å². The zero-order chi connectivity index (χ0) is 16.1. The normalized spacial score (nSPS) is 10.3. The van der Waals surface area contributed by atoms with Crippen molar-refractivity contribution in [1.82, 2.24) is 21.2 Å². The maximum atomic E-state index is 11.9. The van der Waals surface area contributed by atoms with Gasteiger partial charge in [-0.3, -0.25) is 25.2 Å². The van der Waals surface area contributed by atoms with Gasteiger partial charge in [-0.25, -0.2) is 4.98 Å². The zero-order valence-electron chi connectivity index (χ0n) is 12.2. The number of benzene rings is 1. The molecule has 1 aromatic heterocycles. The van der Waals surface area contributed by atoms with E-state index in [9.17, 15) is 14.4 Å². The molecule has 0 aliphatic heterocycles. The first kappa shape index (κ1) is 15.4. The summed E-state index contributed by atoms with van der Waals surface area (Å²) < 4.78 is 0. The van der Waals surface area contributed by atoms with Gasteiger partial charge in [0, 0.05) is 11.4 Å². The Morgan fingerprint density at radius 2 is 1.68 bits per heavy atom. The number of hydrogen-bond acceptors (Lipinski definition) is 4. The topological polar surface area (TPSA) is 100 Å². The second-order valence-corrected chi connectivity index (χ2v) is 4.93. The van der Waals surface area contributed by atoms with Gasteiger partial charge >= 0.3 is 11.8 Å². The highest BCUT2D eigenvalue weighted by molar-refractivity contribution is 6.35. The van der Waals surface area contributed by atoms with Crippen molar-refractivity contribution < 1.29 is 14.4 Å². The van der Waals surface area contributed by atoms with E-state index in [0.29, 0.717) is 5.52 Å². The molecule has 0 aliphatic carbocycles. The summed E-state index contributed by atoms with van der Waals surface area (Å²) in [7, 11) is 0. The van der Waals surface area contributed by atoms with Gasteiger partial charge in [0.2, 0.25) is 0 Å². The third kappa shape index (κ3) is 3.78. The first-order valence-electron chi connectivity index (χ1n) is 6.74. The third-order valence-corrected chi connectivity index (χ3v) is 2.75. The van der Waals surface area contributed by atoms with E-state index in [4.69, 9.17) is 0 Å². The number of carbonyl (C=O) groups is 3. The van der Waals surface area contributed by atoms with E-state index in [1.165, 1.54) is 6.07 Å². The summed E-state index contributed by atoms with van der Waals surface area (Å²) in [5.74, 6) is -2.36. The van der Waals surface area contributed by atoms with E-state index in [-0.39, 0.29) is 11.7 Å². The third-order valence-electron chi connectivity index (χ3n) is 2.75. The fraction of sp³-hybridized carbons (Fsp3) is 0.200. The number of hydrogen-bond donors (Lipinski definition) is 3. The number of aromatic nitrogens is 1. The van der Waals surface area contributed by atoms with Crippen LogP contribution in [-0.4, -0.2) is 28.7 Å². The second kappa shape index (κ2) is 6.66. The van der Waals surface area contributed by atoms with Crippen LogP contribution in [0.2, 0.25) is 0 Å². The Morgan fingerprint density at radius 1 is 0.955 bits per heavy atom. The molecule has 7 heteroatoms. The largest absolute Gasteiger partial charge is 0.346 e. The molecular weight excluding hydrogens is 284 g/mol. The van der Waals surface area contributed by atoms with E-state index in [2.05, 4.69) is 15.7 Å². The Hall–Kier alpha value is -2.96. The molecule has 3 N–H and O–H groups in total. The molecule has 0 bridgehead atoms. The van der Waals surface area contributed by atoms with E-state index < -0.39 is 17.7 Å². The Kier molecular flexibility index (Phi) is 4.67. The van der Waals surface area contributed by atoms with Crippen molar-refractivity contribution in [3.63, 3.8) is 0 Å². The van der Waals surface area contributed by atoms with Crippen LogP contribution in [0, 0.1) is 0 Å². The number of rotatable bonds is 2. The molecule has 1 heterocycles. The van der Waals surface area contributed by atoms with E-state index in [0.717, 1.165) is 5.39 Å². The fourth-order valence-electron chi connectivity index (χ4n) is 1.75. The van der Waals surface area contributed by atoms with Crippen LogP contribution in [0.4, 0.5) is 0 Å². The van der Waals surface area contributed by atoms with E-state index in [1.54, 1.807) is 26.0 Å². The van der Waals surface area contributed by atoms with Crippen LogP contribution in [0.25, 0.3) is 10.9 Å².